The van der Waals surface area contributed by atoms with Crippen LogP contribution in [0.3, 0.4) is 0 Å². The zero-order valence-corrected chi connectivity index (χ0v) is 16.5. The molecule has 1 N–H and O–H groups in total. The summed E-state index contributed by atoms with van der Waals surface area (Å²) in [6.45, 7) is 3.02. The number of benzene rings is 2. The number of carbonyl (C=O) groups is 1. The van der Waals surface area contributed by atoms with E-state index in [0.29, 0.717) is 23.3 Å². The first-order chi connectivity index (χ1) is 13.5. The number of nitrogens with zero attached hydrogens (tertiary/aromatic N) is 4. The van der Waals surface area contributed by atoms with E-state index in [4.69, 9.17) is 0 Å². The van der Waals surface area contributed by atoms with E-state index in [1.807, 2.05) is 22.9 Å². The molecular weight excluding hydrogens is 350 g/mol. The van der Waals surface area contributed by atoms with Gasteiger partial charge in [0.05, 0.1) is 6.54 Å². The predicted octanol–water partition coefficient (Wildman–Crippen LogP) is 3.57. The summed E-state index contributed by atoms with van der Waals surface area (Å²) in [4.78, 5) is 19.1. The molecule has 0 fully saturated rings. The van der Waals surface area contributed by atoms with Crippen molar-refractivity contribution in [1.29, 1.82) is 0 Å². The van der Waals surface area contributed by atoms with Crippen LogP contribution in [-0.4, -0.2) is 34.8 Å². The van der Waals surface area contributed by atoms with Crippen molar-refractivity contribution in [3.8, 4) is 0 Å². The van der Waals surface area contributed by atoms with E-state index in [1.54, 1.807) is 12.1 Å². The van der Waals surface area contributed by atoms with Gasteiger partial charge in [-0.15, -0.1) is 5.10 Å². The van der Waals surface area contributed by atoms with Crippen LogP contribution in [0.2, 0.25) is 0 Å². The van der Waals surface area contributed by atoms with Gasteiger partial charge >= 0.3 is 0 Å². The van der Waals surface area contributed by atoms with Crippen LogP contribution >= 0.6 is 0 Å². The number of para-hydroxylation sites is 1. The van der Waals surface area contributed by atoms with Crippen molar-refractivity contribution in [2.75, 3.05) is 24.3 Å². The molecule has 0 saturated carbocycles. The Morgan fingerprint density at radius 3 is 2.57 bits per heavy atom. The van der Waals surface area contributed by atoms with Gasteiger partial charge < -0.3 is 4.90 Å². The summed E-state index contributed by atoms with van der Waals surface area (Å²) >= 11 is 0. The quantitative estimate of drug-likeness (QED) is 0.757. The van der Waals surface area contributed by atoms with Gasteiger partial charge in [0.25, 0.3) is 5.91 Å². The first kappa shape index (κ1) is 18.2. The SMILES string of the molecule is CC1Cc2nc(NC(=O)c3ccccc3)nn2CC1c1ccccc1N(C)C. The zero-order valence-electron chi connectivity index (χ0n) is 16.5. The highest BCUT2D eigenvalue weighted by atomic mass is 16.1. The summed E-state index contributed by atoms with van der Waals surface area (Å²) in [6, 6.07) is 17.7. The molecule has 6 heteroatoms. The molecule has 0 bridgehead atoms. The molecule has 0 aliphatic carbocycles. The van der Waals surface area contributed by atoms with Gasteiger partial charge in [-0.3, -0.25) is 10.1 Å². The number of rotatable bonds is 4. The molecule has 3 aromatic rings. The Morgan fingerprint density at radius 2 is 1.82 bits per heavy atom. The maximum Gasteiger partial charge on any atom is 0.258 e. The minimum atomic E-state index is -0.189. The third kappa shape index (κ3) is 3.50. The molecule has 2 aromatic carbocycles. The minimum Gasteiger partial charge on any atom is -0.377 e. The molecule has 0 saturated heterocycles. The fraction of sp³-hybridized carbons (Fsp3) is 0.318. The van der Waals surface area contributed by atoms with Crippen LogP contribution in [0, 0.1) is 5.92 Å². The normalized spacial score (nSPS) is 18.4. The Labute approximate surface area is 165 Å². The van der Waals surface area contributed by atoms with Crippen LogP contribution in [0.1, 0.15) is 34.6 Å². The average molecular weight is 375 g/mol. The molecule has 4 rings (SSSR count). The summed E-state index contributed by atoms with van der Waals surface area (Å²) < 4.78 is 1.94. The lowest BCUT2D eigenvalue weighted by Crippen LogP contribution is -2.28. The van der Waals surface area contributed by atoms with Crippen LogP contribution < -0.4 is 10.2 Å². The maximum absolute atomic E-state index is 12.4. The number of fused-ring (bicyclic) bond motifs is 1. The van der Waals surface area contributed by atoms with E-state index in [1.165, 1.54) is 11.3 Å². The number of hydrogen-bond acceptors (Lipinski definition) is 4. The van der Waals surface area contributed by atoms with E-state index in [9.17, 15) is 4.79 Å². The van der Waals surface area contributed by atoms with Gasteiger partial charge in [-0.25, -0.2) is 4.68 Å². The molecule has 1 aliphatic heterocycles. The first-order valence-electron chi connectivity index (χ1n) is 9.59. The largest absolute Gasteiger partial charge is 0.377 e. The van der Waals surface area contributed by atoms with Crippen LogP contribution in [0.4, 0.5) is 11.6 Å². The molecule has 2 atom stereocenters. The van der Waals surface area contributed by atoms with Gasteiger partial charge in [-0.2, -0.15) is 4.98 Å². The minimum absolute atomic E-state index is 0.189. The summed E-state index contributed by atoms with van der Waals surface area (Å²) in [6.07, 6.45) is 0.834. The van der Waals surface area contributed by atoms with Crippen LogP contribution in [0.5, 0.6) is 0 Å². The van der Waals surface area contributed by atoms with Crippen LogP contribution in [0.25, 0.3) is 0 Å². The molecule has 1 aromatic heterocycles. The lowest BCUT2D eigenvalue weighted by Gasteiger charge is -2.32. The number of aromatic nitrogens is 3. The van der Waals surface area contributed by atoms with Crippen molar-refractivity contribution < 1.29 is 4.79 Å². The van der Waals surface area contributed by atoms with Crippen molar-refractivity contribution >= 4 is 17.5 Å². The van der Waals surface area contributed by atoms with Gasteiger partial charge in [-0.1, -0.05) is 43.3 Å². The standard InChI is InChI=1S/C22H25N5O/c1-15-13-20-23-22(24-21(28)16-9-5-4-6-10-16)25-27(20)14-18(15)17-11-7-8-12-19(17)26(2)3/h4-12,15,18H,13-14H2,1-3H3,(H,24,25,28). The van der Waals surface area contributed by atoms with Gasteiger partial charge in [0.2, 0.25) is 5.95 Å². The predicted molar refractivity (Wildman–Crippen MR) is 111 cm³/mol. The Bertz CT molecular complexity index is 980. The molecule has 6 nitrogen and oxygen atoms in total. The van der Waals surface area contributed by atoms with Gasteiger partial charge in [-0.05, 0) is 29.7 Å². The number of hydrogen-bond donors (Lipinski definition) is 1. The Balaban J connectivity index is 1.57. The molecule has 1 aliphatic rings. The molecule has 0 radical (unpaired) electrons. The average Bonchev–Trinajstić information content (AvgIpc) is 3.08. The molecule has 144 valence electrons. The number of carbonyl (C=O) groups excluding carboxylic acids is 1. The van der Waals surface area contributed by atoms with Gasteiger partial charge in [0, 0.05) is 37.7 Å². The summed E-state index contributed by atoms with van der Waals surface area (Å²) in [5, 5.41) is 7.39. The Hall–Kier alpha value is -3.15. The third-order valence-corrected chi connectivity index (χ3v) is 5.39. The summed E-state index contributed by atoms with van der Waals surface area (Å²) in [7, 11) is 4.15. The lowest BCUT2D eigenvalue weighted by molar-refractivity contribution is 0.102. The lowest BCUT2D eigenvalue weighted by atomic mass is 9.82. The maximum atomic E-state index is 12.4. The zero-order chi connectivity index (χ0) is 19.7. The Morgan fingerprint density at radius 1 is 1.11 bits per heavy atom. The molecule has 28 heavy (non-hydrogen) atoms. The van der Waals surface area contributed by atoms with Gasteiger partial charge in [0.15, 0.2) is 0 Å². The smallest absolute Gasteiger partial charge is 0.258 e. The second-order valence-corrected chi connectivity index (χ2v) is 7.60. The van der Waals surface area contributed by atoms with Crippen molar-refractivity contribution in [2.45, 2.75) is 25.8 Å². The molecule has 0 spiro atoms. The highest BCUT2D eigenvalue weighted by Crippen LogP contribution is 2.37. The Kier molecular flexibility index (Phi) is 4.86. The van der Waals surface area contributed by atoms with E-state index >= 15 is 0 Å². The number of nitrogens with one attached hydrogen (secondary N) is 1. The second-order valence-electron chi connectivity index (χ2n) is 7.60. The molecule has 1 amide bonds. The fourth-order valence-corrected chi connectivity index (χ4v) is 3.90. The topological polar surface area (TPSA) is 63.1 Å². The van der Waals surface area contributed by atoms with Crippen LogP contribution in [-0.2, 0) is 13.0 Å². The fourth-order valence-electron chi connectivity index (χ4n) is 3.90. The molecular formula is C22H25N5O. The highest BCUT2D eigenvalue weighted by Gasteiger charge is 2.31. The van der Waals surface area contributed by atoms with Crippen LogP contribution in [0.15, 0.2) is 54.6 Å². The first-order valence-corrected chi connectivity index (χ1v) is 9.59. The molecule has 2 unspecified atom stereocenters. The summed E-state index contributed by atoms with van der Waals surface area (Å²) in [5.41, 5.74) is 3.16. The van der Waals surface area contributed by atoms with Crippen molar-refractivity contribution in [3.05, 3.63) is 71.5 Å². The van der Waals surface area contributed by atoms with Crippen molar-refractivity contribution in [1.82, 2.24) is 14.8 Å². The van der Waals surface area contributed by atoms with E-state index < -0.39 is 0 Å². The number of amides is 1. The van der Waals surface area contributed by atoms with Crippen molar-refractivity contribution in [2.24, 2.45) is 5.92 Å². The third-order valence-electron chi connectivity index (χ3n) is 5.39. The van der Waals surface area contributed by atoms with Crippen molar-refractivity contribution in [3.63, 3.8) is 0 Å². The monoisotopic (exact) mass is 375 g/mol. The van der Waals surface area contributed by atoms with E-state index in [2.05, 4.69) is 65.6 Å². The van der Waals surface area contributed by atoms with E-state index in [-0.39, 0.29) is 5.91 Å². The van der Waals surface area contributed by atoms with Gasteiger partial charge in [0.1, 0.15) is 5.82 Å². The second kappa shape index (κ2) is 7.46. The van der Waals surface area contributed by atoms with E-state index in [0.717, 1.165) is 18.8 Å². The number of anilines is 2. The highest BCUT2D eigenvalue weighted by molar-refractivity contribution is 6.03. The summed E-state index contributed by atoms with van der Waals surface area (Å²) in [5.74, 6) is 1.90. The molecule has 2 heterocycles.